The van der Waals surface area contributed by atoms with E-state index in [1.54, 1.807) is 51.1 Å². The second-order valence-electron chi connectivity index (χ2n) is 6.65. The molecule has 1 aliphatic heterocycles. The number of nitrogens with zero attached hydrogens (tertiary/aromatic N) is 1. The number of benzene rings is 1. The van der Waals surface area contributed by atoms with E-state index in [9.17, 15) is 14.4 Å². The number of furan rings is 1. The summed E-state index contributed by atoms with van der Waals surface area (Å²) in [5, 5.41) is 2.69. The van der Waals surface area contributed by atoms with E-state index in [-0.39, 0.29) is 12.3 Å². The third-order valence-electron chi connectivity index (χ3n) is 4.64. The van der Waals surface area contributed by atoms with Crippen molar-refractivity contribution in [2.24, 2.45) is 0 Å². The molecule has 1 fully saturated rings. The summed E-state index contributed by atoms with van der Waals surface area (Å²) in [7, 11) is 0. The lowest BCUT2D eigenvalue weighted by atomic mass is 9.92. The smallest absolute Gasteiger partial charge is 0.325 e. The van der Waals surface area contributed by atoms with Gasteiger partial charge >= 0.3 is 6.03 Å². The molecular formula is C20H22N2O5. The van der Waals surface area contributed by atoms with Gasteiger partial charge in [-0.3, -0.25) is 14.5 Å². The lowest BCUT2D eigenvalue weighted by Crippen LogP contribution is -2.41. The lowest BCUT2D eigenvalue weighted by molar-refractivity contribution is -0.130. The summed E-state index contributed by atoms with van der Waals surface area (Å²) < 4.78 is 10.8. The number of nitrogens with one attached hydrogen (secondary N) is 1. The highest BCUT2D eigenvalue weighted by atomic mass is 16.5. The van der Waals surface area contributed by atoms with Crippen LogP contribution in [0.5, 0.6) is 5.75 Å². The van der Waals surface area contributed by atoms with Crippen LogP contribution < -0.4 is 10.1 Å². The van der Waals surface area contributed by atoms with Gasteiger partial charge in [0.2, 0.25) is 0 Å². The second kappa shape index (κ2) is 6.90. The fraction of sp³-hybridized carbons (Fsp3) is 0.350. The van der Waals surface area contributed by atoms with Gasteiger partial charge in [0, 0.05) is 11.1 Å². The van der Waals surface area contributed by atoms with Crippen molar-refractivity contribution in [1.29, 1.82) is 0 Å². The molecule has 27 heavy (non-hydrogen) atoms. The van der Waals surface area contributed by atoms with Crippen LogP contribution in [0, 0.1) is 13.8 Å². The molecule has 0 radical (unpaired) electrons. The van der Waals surface area contributed by atoms with Crippen molar-refractivity contribution in [3.05, 3.63) is 53.0 Å². The minimum Gasteiger partial charge on any atom is -0.494 e. The van der Waals surface area contributed by atoms with Gasteiger partial charge < -0.3 is 14.5 Å². The van der Waals surface area contributed by atoms with Crippen LogP contribution in [0.1, 0.15) is 41.3 Å². The van der Waals surface area contributed by atoms with Crippen LogP contribution in [0.3, 0.4) is 0 Å². The lowest BCUT2D eigenvalue weighted by Gasteiger charge is -2.21. The van der Waals surface area contributed by atoms with Crippen molar-refractivity contribution < 1.29 is 23.5 Å². The fourth-order valence-electron chi connectivity index (χ4n) is 3.29. The van der Waals surface area contributed by atoms with E-state index in [2.05, 4.69) is 5.32 Å². The molecule has 1 aromatic carbocycles. The average molecular weight is 370 g/mol. The molecule has 2 aromatic rings. The Kier molecular flexibility index (Phi) is 4.78. The third-order valence-corrected chi connectivity index (χ3v) is 4.64. The van der Waals surface area contributed by atoms with Gasteiger partial charge in [-0.1, -0.05) is 0 Å². The number of hydrogen-bond donors (Lipinski definition) is 1. The Morgan fingerprint density at radius 1 is 1.22 bits per heavy atom. The Morgan fingerprint density at radius 3 is 2.44 bits per heavy atom. The van der Waals surface area contributed by atoms with Crippen LogP contribution in [-0.2, 0) is 10.3 Å². The predicted octanol–water partition coefficient (Wildman–Crippen LogP) is 2.95. The molecule has 1 aliphatic rings. The van der Waals surface area contributed by atoms with E-state index in [4.69, 9.17) is 9.15 Å². The van der Waals surface area contributed by atoms with Crippen LogP contribution in [-0.4, -0.2) is 35.8 Å². The number of amides is 3. The first-order valence-electron chi connectivity index (χ1n) is 8.74. The normalized spacial score (nSPS) is 19.3. The monoisotopic (exact) mass is 370 g/mol. The molecule has 1 atom stereocenters. The Morgan fingerprint density at radius 2 is 1.89 bits per heavy atom. The molecule has 142 valence electrons. The molecule has 3 amide bonds. The number of hydrogen-bond acceptors (Lipinski definition) is 5. The summed E-state index contributed by atoms with van der Waals surface area (Å²) in [6, 6.07) is 7.74. The number of aryl methyl sites for hydroxylation is 2. The number of rotatable bonds is 6. The summed E-state index contributed by atoms with van der Waals surface area (Å²) in [6.45, 7) is 7.20. The molecule has 1 saturated heterocycles. The van der Waals surface area contributed by atoms with Crippen molar-refractivity contribution >= 4 is 17.7 Å². The van der Waals surface area contributed by atoms with Crippen LogP contribution >= 0.6 is 0 Å². The van der Waals surface area contributed by atoms with Gasteiger partial charge in [0.1, 0.15) is 22.8 Å². The second-order valence-corrected chi connectivity index (χ2v) is 6.65. The van der Waals surface area contributed by atoms with E-state index in [1.807, 2.05) is 6.92 Å². The minimum absolute atomic E-state index is 0.328. The zero-order valence-corrected chi connectivity index (χ0v) is 15.8. The van der Waals surface area contributed by atoms with Crippen LogP contribution in [0.4, 0.5) is 4.79 Å². The summed E-state index contributed by atoms with van der Waals surface area (Å²) in [5.41, 5.74) is -0.254. The van der Waals surface area contributed by atoms with Gasteiger partial charge in [0.25, 0.3) is 5.91 Å². The molecule has 1 unspecified atom stereocenters. The van der Waals surface area contributed by atoms with E-state index in [0.717, 1.165) is 4.90 Å². The van der Waals surface area contributed by atoms with Gasteiger partial charge in [-0.05, 0) is 58.0 Å². The molecule has 0 spiro atoms. The summed E-state index contributed by atoms with van der Waals surface area (Å²) >= 11 is 0. The maximum atomic E-state index is 12.9. The van der Waals surface area contributed by atoms with Crippen LogP contribution in [0.15, 0.2) is 34.7 Å². The van der Waals surface area contributed by atoms with E-state index >= 15 is 0 Å². The average Bonchev–Trinajstić information content (AvgIpc) is 3.07. The predicted molar refractivity (Wildman–Crippen MR) is 97.7 cm³/mol. The van der Waals surface area contributed by atoms with Gasteiger partial charge in [-0.2, -0.15) is 0 Å². The zero-order valence-electron chi connectivity index (χ0n) is 15.8. The highest BCUT2D eigenvalue weighted by molar-refractivity contribution is 6.11. The van der Waals surface area contributed by atoms with Gasteiger partial charge in [-0.25, -0.2) is 4.79 Å². The topological polar surface area (TPSA) is 88.8 Å². The summed E-state index contributed by atoms with van der Waals surface area (Å²) in [4.78, 5) is 38.8. The molecule has 1 aromatic heterocycles. The molecule has 7 heteroatoms. The first-order valence-corrected chi connectivity index (χ1v) is 8.74. The molecular weight excluding hydrogens is 348 g/mol. The van der Waals surface area contributed by atoms with Crippen molar-refractivity contribution in [1.82, 2.24) is 10.2 Å². The number of ketones is 1. The summed E-state index contributed by atoms with van der Waals surface area (Å²) in [6.07, 6.45) is 0. The number of urea groups is 1. The fourth-order valence-corrected chi connectivity index (χ4v) is 3.29. The number of carbonyl (C=O) groups excluding carboxylic acids is 3. The SMILES string of the molecule is CCOc1ccc(C(=O)CN2C(=O)NC(C)(c3cc(C)oc3C)C2=O)cc1. The van der Waals surface area contributed by atoms with Gasteiger partial charge in [0.05, 0.1) is 13.2 Å². The Labute approximate surface area is 157 Å². The van der Waals surface area contributed by atoms with Crippen molar-refractivity contribution in [3.8, 4) is 5.75 Å². The van der Waals surface area contributed by atoms with Crippen molar-refractivity contribution in [2.45, 2.75) is 33.2 Å². The molecule has 0 bridgehead atoms. The van der Waals surface area contributed by atoms with Crippen LogP contribution in [0.2, 0.25) is 0 Å². The number of Topliss-reactive ketones (excluding diaryl/α,β-unsaturated/α-hetero) is 1. The quantitative estimate of drug-likeness (QED) is 0.624. The van der Waals surface area contributed by atoms with Crippen LogP contribution in [0.25, 0.3) is 0 Å². The van der Waals surface area contributed by atoms with E-state index < -0.39 is 17.5 Å². The molecule has 0 saturated carbocycles. The highest BCUT2D eigenvalue weighted by Crippen LogP contribution is 2.32. The number of ether oxygens (including phenoxy) is 1. The number of carbonyl (C=O) groups is 3. The molecule has 1 N–H and O–H groups in total. The Hall–Kier alpha value is -3.09. The standard InChI is InChI=1S/C20H22N2O5/c1-5-26-15-8-6-14(7-9-15)17(23)11-22-18(24)20(4,21-19(22)25)16-10-12(2)27-13(16)3/h6-10H,5,11H2,1-4H3,(H,21,25). The molecule has 2 heterocycles. The third kappa shape index (κ3) is 3.32. The van der Waals surface area contributed by atoms with Crippen molar-refractivity contribution in [2.75, 3.05) is 13.2 Å². The van der Waals surface area contributed by atoms with Crippen molar-refractivity contribution in [3.63, 3.8) is 0 Å². The van der Waals surface area contributed by atoms with Gasteiger partial charge in [0.15, 0.2) is 5.78 Å². The maximum absolute atomic E-state index is 12.9. The largest absolute Gasteiger partial charge is 0.494 e. The molecule has 7 nitrogen and oxygen atoms in total. The van der Waals surface area contributed by atoms with E-state index in [1.165, 1.54) is 0 Å². The Balaban J connectivity index is 1.79. The highest BCUT2D eigenvalue weighted by Gasteiger charge is 2.51. The first kappa shape index (κ1) is 18.7. The van der Waals surface area contributed by atoms with Gasteiger partial charge in [-0.15, -0.1) is 0 Å². The first-order chi connectivity index (χ1) is 12.8. The molecule has 3 rings (SSSR count). The number of imide groups is 1. The zero-order chi connectivity index (χ0) is 19.8. The maximum Gasteiger partial charge on any atom is 0.325 e. The molecule has 0 aliphatic carbocycles. The Bertz CT molecular complexity index is 900. The van der Waals surface area contributed by atoms with E-state index in [0.29, 0.717) is 35.0 Å². The summed E-state index contributed by atoms with van der Waals surface area (Å²) in [5.74, 6) is 1.06. The minimum atomic E-state index is -1.25.